The van der Waals surface area contributed by atoms with Crippen molar-refractivity contribution in [3.63, 3.8) is 0 Å². The molecule has 0 spiro atoms. The molecule has 0 bridgehead atoms. The fourth-order valence-corrected chi connectivity index (χ4v) is 15.2. The molecule has 130 heavy (non-hydrogen) atoms. The first-order valence-electron chi connectivity index (χ1n) is 50.0. The van der Waals surface area contributed by atoms with Crippen molar-refractivity contribution in [3.05, 3.63) is 48.5 Å². The smallest absolute Gasteiger partial charge is 0.340 e. The van der Waals surface area contributed by atoms with Crippen LogP contribution < -0.4 is 37.9 Å². The summed E-state index contributed by atoms with van der Waals surface area (Å²) in [5.74, 6) is -8.88. The summed E-state index contributed by atoms with van der Waals surface area (Å²) in [4.78, 5) is 120. The van der Waals surface area contributed by atoms with Crippen LogP contribution in [0.25, 0.3) is 53.9 Å². The van der Waals surface area contributed by atoms with Crippen molar-refractivity contribution >= 4 is 102 Å². The number of rotatable bonds is 72. The molecule has 0 aromatic heterocycles. The quantitative estimate of drug-likeness (QED) is 0.0148. The maximum Gasteiger partial charge on any atom is 0.340 e. The van der Waals surface area contributed by atoms with Gasteiger partial charge in [0.1, 0.15) is 0 Å². The predicted molar refractivity (Wildman–Crippen MR) is 512 cm³/mol. The van der Waals surface area contributed by atoms with E-state index >= 15 is 19.2 Å². The molecule has 0 aliphatic rings. The molecule has 0 radical (unpaired) electrons. The van der Waals surface area contributed by atoms with Gasteiger partial charge in [0.2, 0.25) is 0 Å². The van der Waals surface area contributed by atoms with Gasteiger partial charge in [-0.3, -0.25) is 0 Å². The summed E-state index contributed by atoms with van der Waals surface area (Å²) >= 11 is 0. The third-order valence-corrected chi connectivity index (χ3v) is 23.5. The van der Waals surface area contributed by atoms with Crippen molar-refractivity contribution in [2.24, 2.45) is 0 Å². The zero-order valence-corrected chi connectivity index (χ0v) is 82.0. The molecule has 24 nitrogen and oxygen atoms in total. The molecule has 0 heterocycles. The largest absolute Gasteiger partial charge is 0.421 e. The summed E-state index contributed by atoms with van der Waals surface area (Å²) in [5, 5.41) is 2.28. The minimum Gasteiger partial charge on any atom is -0.421 e. The molecule has 6 aromatic carbocycles. The Morgan fingerprint density at radius 3 is 0.392 bits per heavy atom. The Morgan fingerprint density at radius 1 is 0.169 bits per heavy atom. The van der Waals surface area contributed by atoms with Crippen molar-refractivity contribution in [1.82, 2.24) is 0 Å². The standard InChI is InChI=1S/C106H160O24/c1-17-25-33-41-49-57-115-73(9)99(107)123-89-65-81-82-66-90(124-100(108)74(10)116-58-50-42-34-26-18-2)94(128-104(112)78(14)120-62-54-46-38-30-22-6)70-86(82)98-88-72-96(130-106(114)80(16)122-64-56-48-40-32-24-8)92(126-102(110)76(12)118-60-52-44-36-28-20-4)68-84(88)83-67-91(125-101(109)75(11)117-59-51-43-35-27-19-3)95(129-105(113)79(15)121-63-55-47-39-31-23-7)71-87(83)97(98)85(81)69-93(89)127-103(111)77(13)119-61-53-45-37-29-21-5/h65-80H,17-64H2,1-16H3. The normalized spacial score (nSPS) is 13.6. The molecule has 0 saturated carbocycles. The van der Waals surface area contributed by atoms with E-state index in [1.54, 1.807) is 55.4 Å². The zero-order valence-electron chi connectivity index (χ0n) is 82.0. The summed E-state index contributed by atoms with van der Waals surface area (Å²) in [5.41, 5.74) is 0. The number of hydrogen-bond acceptors (Lipinski definition) is 24. The highest BCUT2D eigenvalue weighted by molar-refractivity contribution is 6.40. The zero-order chi connectivity index (χ0) is 94.5. The highest BCUT2D eigenvalue weighted by Gasteiger charge is 2.33. The summed E-state index contributed by atoms with van der Waals surface area (Å²) < 4.78 is 102. The van der Waals surface area contributed by atoms with Gasteiger partial charge in [-0.25, -0.2) is 38.4 Å². The van der Waals surface area contributed by atoms with E-state index < -0.39 is 96.6 Å². The lowest BCUT2D eigenvalue weighted by atomic mass is 9.86. The van der Waals surface area contributed by atoms with E-state index in [0.717, 1.165) is 205 Å². The molecule has 8 atom stereocenters. The average molecular weight is 1820 g/mol. The number of carbonyl (C=O) groups is 8. The number of carbonyl (C=O) groups excluding carboxylic acids is 8. The summed E-state index contributed by atoms with van der Waals surface area (Å²) in [6.45, 7) is 31.5. The van der Waals surface area contributed by atoms with Crippen molar-refractivity contribution in [3.8, 4) is 46.0 Å². The highest BCUT2D eigenvalue weighted by atomic mass is 16.6. The minimum atomic E-state index is -1.17. The predicted octanol–water partition coefficient (Wildman–Crippen LogP) is 25.7. The second-order valence-corrected chi connectivity index (χ2v) is 34.9. The van der Waals surface area contributed by atoms with Gasteiger partial charge in [0.15, 0.2) is 94.8 Å². The van der Waals surface area contributed by atoms with Gasteiger partial charge in [0, 0.05) is 52.9 Å². The van der Waals surface area contributed by atoms with Crippen LogP contribution in [-0.2, 0) is 76.3 Å². The van der Waals surface area contributed by atoms with Crippen LogP contribution in [0.4, 0.5) is 0 Å². The van der Waals surface area contributed by atoms with Crippen LogP contribution in [0.15, 0.2) is 48.5 Å². The average Bonchev–Trinajstić information content (AvgIpc) is 0.695. The van der Waals surface area contributed by atoms with Crippen LogP contribution in [0.5, 0.6) is 46.0 Å². The van der Waals surface area contributed by atoms with Gasteiger partial charge in [0.05, 0.1) is 0 Å². The lowest BCUT2D eigenvalue weighted by Crippen LogP contribution is -2.28. The molecule has 0 aliphatic carbocycles. The van der Waals surface area contributed by atoms with Crippen LogP contribution >= 0.6 is 0 Å². The van der Waals surface area contributed by atoms with E-state index in [0.29, 0.717) is 51.4 Å². The van der Waals surface area contributed by atoms with E-state index in [9.17, 15) is 19.2 Å². The van der Waals surface area contributed by atoms with Gasteiger partial charge in [-0.15, -0.1) is 0 Å². The second kappa shape index (κ2) is 63.3. The number of ether oxygens (including phenoxy) is 16. The third kappa shape index (κ3) is 37.8. The molecule has 8 unspecified atom stereocenters. The van der Waals surface area contributed by atoms with Crippen molar-refractivity contribution in [2.45, 2.75) is 416 Å². The fourth-order valence-electron chi connectivity index (χ4n) is 15.2. The summed E-state index contributed by atoms with van der Waals surface area (Å²) in [6.07, 6.45) is 27.5. The molecule has 0 saturated heterocycles. The topological polar surface area (TPSA) is 284 Å². The van der Waals surface area contributed by atoms with Gasteiger partial charge >= 0.3 is 47.8 Å². The minimum absolute atomic E-state index is 0.221. The Bertz CT molecular complexity index is 3850. The monoisotopic (exact) mass is 1820 g/mol. The summed E-state index contributed by atoms with van der Waals surface area (Å²) in [6, 6.07) is 12.2. The second-order valence-electron chi connectivity index (χ2n) is 34.9. The van der Waals surface area contributed by atoms with Crippen LogP contribution in [0, 0.1) is 0 Å². The van der Waals surface area contributed by atoms with E-state index in [2.05, 4.69) is 55.4 Å². The fraction of sp³-hybridized carbons (Fsp3) is 0.679. The lowest BCUT2D eigenvalue weighted by Gasteiger charge is -2.23. The number of fused-ring (bicyclic) bond motifs is 11. The molecular weight excluding hydrogens is 1660 g/mol. The Morgan fingerprint density at radius 2 is 0.277 bits per heavy atom. The van der Waals surface area contributed by atoms with Crippen LogP contribution in [0.1, 0.15) is 368 Å². The number of benzene rings is 6. The van der Waals surface area contributed by atoms with Gasteiger partial charge < -0.3 is 75.8 Å². The molecule has 0 fully saturated rings. The molecule has 0 aliphatic heterocycles. The molecule has 728 valence electrons. The molecule has 6 rings (SSSR count). The van der Waals surface area contributed by atoms with Crippen LogP contribution in [-0.4, -0.2) is 149 Å². The molecule has 6 aromatic rings. The van der Waals surface area contributed by atoms with Crippen molar-refractivity contribution < 1.29 is 114 Å². The Hall–Kier alpha value is -7.94. The molecular formula is C106H160O24. The first kappa shape index (κ1) is 111. The SMILES string of the molecule is CCCCCCCOC(C)C(=O)Oc1cc2c3cc(OC(=O)C(C)OCCCCCCC)c(OC(=O)C(C)OCCCCCCC)cc3c3c4cc(OC(=O)C(C)OCCCCCCC)c(OC(=O)C(C)OCCCCCCC)cc4c4cc(OC(=O)C(C)OCCCCCCC)c(OC(=O)C(C)OCCCCCCC)cc4c3c2cc1OC(=O)C(C)OCCCCCCC. The van der Waals surface area contributed by atoms with Crippen LogP contribution in [0.3, 0.4) is 0 Å². The Labute approximate surface area is 775 Å². The van der Waals surface area contributed by atoms with Gasteiger partial charge in [-0.2, -0.15) is 0 Å². The Balaban J connectivity index is 1.93. The maximum atomic E-state index is 15.0. The molecule has 24 heteroatoms. The third-order valence-electron chi connectivity index (χ3n) is 23.5. The summed E-state index contributed by atoms with van der Waals surface area (Å²) in [7, 11) is 0. The lowest BCUT2D eigenvalue weighted by molar-refractivity contribution is -0.149. The van der Waals surface area contributed by atoms with E-state index in [1.807, 2.05) is 0 Å². The molecule has 0 amide bonds. The highest BCUT2D eigenvalue weighted by Crippen LogP contribution is 2.53. The van der Waals surface area contributed by atoms with Gasteiger partial charge in [-0.1, -0.05) is 261 Å². The Kier molecular flexibility index (Phi) is 53.9. The van der Waals surface area contributed by atoms with E-state index in [1.165, 1.54) is 48.5 Å². The first-order chi connectivity index (χ1) is 62.9. The van der Waals surface area contributed by atoms with Crippen molar-refractivity contribution in [1.29, 1.82) is 0 Å². The van der Waals surface area contributed by atoms with Gasteiger partial charge in [0.25, 0.3) is 0 Å². The van der Waals surface area contributed by atoms with E-state index in [4.69, 9.17) is 75.8 Å². The van der Waals surface area contributed by atoms with Crippen LogP contribution in [0.2, 0.25) is 0 Å². The number of hydrogen-bond donors (Lipinski definition) is 0. The molecule has 0 N–H and O–H groups in total. The first-order valence-corrected chi connectivity index (χ1v) is 50.0. The van der Waals surface area contributed by atoms with E-state index in [-0.39, 0.29) is 153 Å². The van der Waals surface area contributed by atoms with Gasteiger partial charge in [-0.05, 0) is 209 Å². The van der Waals surface area contributed by atoms with Crippen molar-refractivity contribution in [2.75, 3.05) is 52.9 Å². The number of esters is 8. The maximum absolute atomic E-state index is 15.0. The number of unbranched alkanes of at least 4 members (excludes halogenated alkanes) is 32.